The fourth-order valence-corrected chi connectivity index (χ4v) is 5.51. The van der Waals surface area contributed by atoms with E-state index in [9.17, 15) is 0 Å². The van der Waals surface area contributed by atoms with Crippen LogP contribution in [0.2, 0.25) is 0 Å². The van der Waals surface area contributed by atoms with Crippen molar-refractivity contribution in [1.82, 2.24) is 4.90 Å². The third kappa shape index (κ3) is 3.68. The van der Waals surface area contributed by atoms with Crippen LogP contribution in [0.5, 0.6) is 0 Å². The number of hydrogen-bond acceptors (Lipinski definition) is 3. The van der Waals surface area contributed by atoms with E-state index < -0.39 is 0 Å². The molecule has 154 valence electrons. The zero-order chi connectivity index (χ0) is 19.2. The quantitative estimate of drug-likeness (QED) is 0.556. The SMILES string of the molecule is CN(C)Cc1[cH-]ccc1B1OC2CC3CC(C3(C)C)C2(C)O1.[Fe].c1cc[cH-]c1. The Morgan fingerprint density at radius 3 is 2.43 bits per heavy atom. The van der Waals surface area contributed by atoms with E-state index in [2.05, 4.69) is 58.0 Å². The van der Waals surface area contributed by atoms with Gasteiger partial charge in [-0.1, -0.05) is 13.8 Å². The zero-order valence-electron chi connectivity index (χ0n) is 17.7. The van der Waals surface area contributed by atoms with Crippen molar-refractivity contribution in [1.29, 1.82) is 0 Å². The molecule has 1 heterocycles. The molecule has 2 bridgehead atoms. The molecule has 6 rings (SSSR count). The average Bonchev–Trinajstić information content (AvgIpc) is 3.34. The van der Waals surface area contributed by atoms with Crippen molar-refractivity contribution in [3.63, 3.8) is 0 Å². The zero-order valence-corrected chi connectivity index (χ0v) is 18.8. The van der Waals surface area contributed by atoms with E-state index in [1.807, 2.05) is 30.3 Å². The van der Waals surface area contributed by atoms with Crippen LogP contribution in [0.3, 0.4) is 0 Å². The topological polar surface area (TPSA) is 21.7 Å². The van der Waals surface area contributed by atoms with Crippen molar-refractivity contribution < 1.29 is 26.4 Å². The van der Waals surface area contributed by atoms with Gasteiger partial charge in [-0.15, -0.1) is 0 Å². The number of nitrogens with zero attached hydrogens (tertiary/aromatic N) is 1. The Hall–Kier alpha value is -0.836. The van der Waals surface area contributed by atoms with E-state index in [1.54, 1.807) is 0 Å². The molecule has 3 saturated carbocycles. The Labute approximate surface area is 181 Å². The molecule has 3 aliphatic carbocycles. The van der Waals surface area contributed by atoms with Crippen LogP contribution in [0.1, 0.15) is 39.2 Å². The van der Waals surface area contributed by atoms with Crippen molar-refractivity contribution in [3.8, 4) is 0 Å². The second-order valence-electron chi connectivity index (χ2n) is 9.51. The molecule has 4 aliphatic rings. The van der Waals surface area contributed by atoms with E-state index in [4.69, 9.17) is 9.31 Å². The molecule has 4 fully saturated rings. The van der Waals surface area contributed by atoms with Gasteiger partial charge >= 0.3 is 7.12 Å². The molecule has 4 atom stereocenters. The van der Waals surface area contributed by atoms with Crippen LogP contribution in [0.25, 0.3) is 0 Å². The molecule has 2 aromatic rings. The van der Waals surface area contributed by atoms with Crippen molar-refractivity contribution >= 4 is 12.6 Å². The van der Waals surface area contributed by atoms with Crippen molar-refractivity contribution in [3.05, 3.63) is 54.1 Å². The summed E-state index contributed by atoms with van der Waals surface area (Å²) in [6, 6.07) is 16.5. The van der Waals surface area contributed by atoms with Gasteiger partial charge in [-0.05, 0) is 57.7 Å². The molecule has 0 spiro atoms. The first-order valence-electron chi connectivity index (χ1n) is 10.2. The van der Waals surface area contributed by atoms with Crippen molar-refractivity contribution in [2.45, 2.75) is 51.9 Å². The standard InChI is InChI=1S/C18H27BNO2.C5H5.Fe/c1-17(2)13-9-15(17)18(3)16(10-13)21-19(22-18)14-8-6-7-12(14)11-20(4)5;1-2-4-5-3-1;/h6-8,13,15-16H,9-11H2,1-5H3;1-5H;/q2*-1;. The first-order chi connectivity index (χ1) is 12.8. The van der Waals surface area contributed by atoms with Gasteiger partial charge in [-0.2, -0.15) is 41.4 Å². The minimum atomic E-state index is -0.185. The summed E-state index contributed by atoms with van der Waals surface area (Å²) in [4.78, 5) is 2.20. The normalized spacial score (nSPS) is 32.1. The largest absolute Gasteiger partial charge is 0.413 e. The molecular weight excluding hydrogens is 389 g/mol. The summed E-state index contributed by atoms with van der Waals surface area (Å²) < 4.78 is 13.0. The van der Waals surface area contributed by atoms with Crippen molar-refractivity contribution in [2.24, 2.45) is 17.3 Å². The smallest absolute Gasteiger partial charge is 0.407 e. The third-order valence-corrected chi connectivity index (χ3v) is 7.19. The molecule has 2 aromatic carbocycles. The van der Waals surface area contributed by atoms with Gasteiger partial charge in [0.15, 0.2) is 0 Å². The summed E-state index contributed by atoms with van der Waals surface area (Å²) in [7, 11) is 4.02. The fourth-order valence-electron chi connectivity index (χ4n) is 5.51. The maximum absolute atomic E-state index is 6.56. The first kappa shape index (κ1) is 21.9. The van der Waals surface area contributed by atoms with Gasteiger partial charge in [0.05, 0.1) is 11.7 Å². The molecule has 3 nitrogen and oxygen atoms in total. The first-order valence-corrected chi connectivity index (χ1v) is 10.2. The molecule has 0 radical (unpaired) electrons. The Morgan fingerprint density at radius 2 is 1.86 bits per heavy atom. The van der Waals surface area contributed by atoms with Crippen LogP contribution in [0, 0.1) is 17.3 Å². The van der Waals surface area contributed by atoms with Crippen LogP contribution < -0.4 is 5.46 Å². The van der Waals surface area contributed by atoms with E-state index in [-0.39, 0.29) is 35.9 Å². The van der Waals surface area contributed by atoms with Gasteiger partial charge in [0.1, 0.15) is 0 Å². The predicted octanol–water partition coefficient (Wildman–Crippen LogP) is 3.81. The van der Waals surface area contributed by atoms with Crippen LogP contribution in [-0.2, 0) is 32.9 Å². The van der Waals surface area contributed by atoms with Gasteiger partial charge in [0, 0.05) is 17.1 Å². The summed E-state index contributed by atoms with van der Waals surface area (Å²) in [5.74, 6) is 1.43. The van der Waals surface area contributed by atoms with E-state index in [0.717, 1.165) is 18.9 Å². The second kappa shape index (κ2) is 8.12. The summed E-state index contributed by atoms with van der Waals surface area (Å²) in [5.41, 5.74) is 2.83. The van der Waals surface area contributed by atoms with E-state index in [0.29, 0.717) is 11.3 Å². The molecular formula is C23H32BFeNO2-2. The van der Waals surface area contributed by atoms with Gasteiger partial charge in [-0.25, -0.2) is 18.2 Å². The molecule has 5 heteroatoms. The van der Waals surface area contributed by atoms with E-state index in [1.165, 1.54) is 17.4 Å². The molecule has 0 amide bonds. The van der Waals surface area contributed by atoms with Gasteiger partial charge in [-0.3, -0.25) is 0 Å². The summed E-state index contributed by atoms with van der Waals surface area (Å²) in [6.45, 7) is 8.03. The molecule has 1 saturated heterocycles. The molecule has 28 heavy (non-hydrogen) atoms. The maximum Gasteiger partial charge on any atom is 0.407 e. The van der Waals surface area contributed by atoms with E-state index >= 15 is 0 Å². The summed E-state index contributed by atoms with van der Waals surface area (Å²) in [6.07, 6.45) is 2.72. The monoisotopic (exact) mass is 421 g/mol. The Balaban J connectivity index is 0.000000329. The number of hydrogen-bond donors (Lipinski definition) is 0. The Kier molecular flexibility index (Phi) is 6.34. The second-order valence-corrected chi connectivity index (χ2v) is 9.51. The molecule has 4 unspecified atom stereocenters. The Bertz CT molecular complexity index is 739. The van der Waals surface area contributed by atoms with Crippen LogP contribution in [0.4, 0.5) is 0 Å². The summed E-state index contributed by atoms with van der Waals surface area (Å²) >= 11 is 0. The average molecular weight is 421 g/mol. The van der Waals surface area contributed by atoms with Crippen LogP contribution in [-0.4, -0.2) is 37.8 Å². The van der Waals surface area contributed by atoms with Gasteiger partial charge < -0.3 is 14.2 Å². The Morgan fingerprint density at radius 1 is 1.14 bits per heavy atom. The summed E-state index contributed by atoms with van der Waals surface area (Å²) in [5, 5.41) is 0. The predicted molar refractivity (Wildman–Crippen MR) is 111 cm³/mol. The minimum absolute atomic E-state index is 0. The van der Waals surface area contributed by atoms with Crippen LogP contribution in [0.15, 0.2) is 48.5 Å². The number of rotatable bonds is 3. The van der Waals surface area contributed by atoms with Crippen molar-refractivity contribution in [2.75, 3.05) is 14.1 Å². The van der Waals surface area contributed by atoms with Crippen LogP contribution >= 0.6 is 0 Å². The van der Waals surface area contributed by atoms with Gasteiger partial charge in [0.2, 0.25) is 0 Å². The molecule has 0 aromatic heterocycles. The van der Waals surface area contributed by atoms with Gasteiger partial charge in [0.25, 0.3) is 0 Å². The third-order valence-electron chi connectivity index (χ3n) is 7.19. The fraction of sp³-hybridized carbons (Fsp3) is 0.565. The molecule has 1 aliphatic heterocycles. The maximum atomic E-state index is 6.56. The minimum Gasteiger partial charge on any atom is -0.413 e. The molecule has 0 N–H and O–H groups in total.